The number of rotatable bonds is 6. The summed E-state index contributed by atoms with van der Waals surface area (Å²) in [4.78, 5) is 13.4. The molecule has 4 rings (SSSR count). The zero-order chi connectivity index (χ0) is 24.6. The van der Waals surface area contributed by atoms with Gasteiger partial charge in [0.1, 0.15) is 5.75 Å². The van der Waals surface area contributed by atoms with Crippen molar-refractivity contribution in [2.75, 3.05) is 23.8 Å². The van der Waals surface area contributed by atoms with Gasteiger partial charge < -0.3 is 10.1 Å². The standard InChI is InChI=1S/C24H20Cl2N2O4S2/c1-14-8-20(5-6-21(14)32-3)34(30,31)28(2)19-4-7-22-15(9-19)10-23(33-22)24(29)27-18-12-16(25)11-17(26)13-18/h4-13H,1-3H3,(H,27,29). The van der Waals surface area contributed by atoms with E-state index in [0.717, 1.165) is 15.6 Å². The van der Waals surface area contributed by atoms with Crippen LogP contribution in [-0.4, -0.2) is 28.5 Å². The van der Waals surface area contributed by atoms with E-state index in [0.29, 0.717) is 32.0 Å². The highest BCUT2D eigenvalue weighted by molar-refractivity contribution is 7.92. The van der Waals surface area contributed by atoms with E-state index < -0.39 is 10.0 Å². The summed E-state index contributed by atoms with van der Waals surface area (Å²) < 4.78 is 33.7. The largest absolute Gasteiger partial charge is 0.496 e. The number of hydrogen-bond acceptors (Lipinski definition) is 5. The summed E-state index contributed by atoms with van der Waals surface area (Å²) in [5, 5.41) is 4.37. The number of anilines is 2. The van der Waals surface area contributed by atoms with Crippen molar-refractivity contribution in [3.63, 3.8) is 0 Å². The van der Waals surface area contributed by atoms with Crippen LogP contribution in [0.25, 0.3) is 10.1 Å². The molecule has 0 atom stereocenters. The van der Waals surface area contributed by atoms with E-state index in [-0.39, 0.29) is 10.8 Å². The Hall–Kier alpha value is -2.78. The van der Waals surface area contributed by atoms with E-state index in [1.807, 2.05) is 0 Å². The van der Waals surface area contributed by atoms with E-state index in [9.17, 15) is 13.2 Å². The topological polar surface area (TPSA) is 75.7 Å². The number of hydrogen-bond donors (Lipinski definition) is 1. The molecule has 176 valence electrons. The number of methoxy groups -OCH3 is 1. The first-order valence-corrected chi connectivity index (χ1v) is 13.0. The second-order valence-corrected chi connectivity index (χ2v) is 11.5. The van der Waals surface area contributed by atoms with Crippen molar-refractivity contribution in [2.24, 2.45) is 0 Å². The van der Waals surface area contributed by atoms with Crippen LogP contribution in [0.4, 0.5) is 11.4 Å². The van der Waals surface area contributed by atoms with Crippen LogP contribution < -0.4 is 14.4 Å². The molecule has 34 heavy (non-hydrogen) atoms. The predicted octanol–water partition coefficient (Wildman–Crippen LogP) is 6.60. The fourth-order valence-electron chi connectivity index (χ4n) is 3.47. The normalized spacial score (nSPS) is 11.4. The Morgan fingerprint density at radius 3 is 2.35 bits per heavy atom. The van der Waals surface area contributed by atoms with Gasteiger partial charge in [0.05, 0.1) is 22.6 Å². The molecule has 3 aromatic carbocycles. The van der Waals surface area contributed by atoms with E-state index >= 15 is 0 Å². The molecule has 0 radical (unpaired) electrons. The predicted molar refractivity (Wildman–Crippen MR) is 140 cm³/mol. The highest BCUT2D eigenvalue weighted by Crippen LogP contribution is 2.32. The number of ether oxygens (including phenoxy) is 1. The third-order valence-electron chi connectivity index (χ3n) is 5.23. The van der Waals surface area contributed by atoms with Crippen molar-refractivity contribution in [1.82, 2.24) is 0 Å². The number of halogens is 2. The fourth-order valence-corrected chi connectivity index (χ4v) is 6.20. The van der Waals surface area contributed by atoms with Crippen LogP contribution in [0.15, 0.2) is 65.6 Å². The van der Waals surface area contributed by atoms with Crippen LogP contribution in [0.3, 0.4) is 0 Å². The van der Waals surface area contributed by atoms with Crippen LogP contribution in [0.1, 0.15) is 15.2 Å². The van der Waals surface area contributed by atoms with Gasteiger partial charge in [-0.15, -0.1) is 11.3 Å². The van der Waals surface area contributed by atoms with Gasteiger partial charge in [-0.1, -0.05) is 23.2 Å². The molecule has 1 amide bonds. The lowest BCUT2D eigenvalue weighted by Crippen LogP contribution is -2.26. The van der Waals surface area contributed by atoms with Crippen molar-refractivity contribution < 1.29 is 17.9 Å². The quantitative estimate of drug-likeness (QED) is 0.302. The molecule has 4 aromatic rings. The van der Waals surface area contributed by atoms with Crippen molar-refractivity contribution in [2.45, 2.75) is 11.8 Å². The van der Waals surface area contributed by atoms with Crippen LogP contribution in [-0.2, 0) is 10.0 Å². The summed E-state index contributed by atoms with van der Waals surface area (Å²) in [6.07, 6.45) is 0. The Morgan fingerprint density at radius 2 is 1.71 bits per heavy atom. The number of carbonyl (C=O) groups is 1. The fraction of sp³-hybridized carbons (Fsp3) is 0.125. The number of nitrogens with zero attached hydrogens (tertiary/aromatic N) is 1. The number of thiophene rings is 1. The maximum atomic E-state index is 13.2. The highest BCUT2D eigenvalue weighted by Gasteiger charge is 2.23. The van der Waals surface area contributed by atoms with Crippen molar-refractivity contribution in [3.8, 4) is 5.75 Å². The molecular formula is C24H20Cl2N2O4S2. The average molecular weight is 535 g/mol. The van der Waals surface area contributed by atoms with Gasteiger partial charge in [-0.2, -0.15) is 0 Å². The second kappa shape index (κ2) is 9.46. The number of nitrogens with one attached hydrogen (secondary N) is 1. The van der Waals surface area contributed by atoms with E-state index in [1.54, 1.807) is 61.5 Å². The summed E-state index contributed by atoms with van der Waals surface area (Å²) in [7, 11) is -0.752. The Bertz CT molecular complexity index is 1500. The zero-order valence-corrected chi connectivity index (χ0v) is 21.6. The Labute approximate surface area is 211 Å². The van der Waals surface area contributed by atoms with Gasteiger partial charge >= 0.3 is 0 Å². The smallest absolute Gasteiger partial charge is 0.265 e. The van der Waals surface area contributed by atoms with Gasteiger partial charge in [0.25, 0.3) is 15.9 Å². The van der Waals surface area contributed by atoms with Crippen molar-refractivity contribution >= 4 is 71.9 Å². The minimum Gasteiger partial charge on any atom is -0.496 e. The van der Waals surface area contributed by atoms with Crippen LogP contribution in [0.5, 0.6) is 5.75 Å². The summed E-state index contributed by atoms with van der Waals surface area (Å²) in [6.45, 7) is 1.79. The molecule has 1 aromatic heterocycles. The highest BCUT2D eigenvalue weighted by atomic mass is 35.5. The zero-order valence-electron chi connectivity index (χ0n) is 18.4. The lowest BCUT2D eigenvalue weighted by atomic mass is 10.2. The molecule has 0 fully saturated rings. The molecule has 0 aliphatic carbocycles. The van der Waals surface area contributed by atoms with Gasteiger partial charge in [0, 0.05) is 27.5 Å². The van der Waals surface area contributed by atoms with E-state index in [1.165, 1.54) is 35.9 Å². The number of carbonyl (C=O) groups excluding carboxylic acids is 1. The maximum Gasteiger partial charge on any atom is 0.265 e. The maximum absolute atomic E-state index is 13.2. The minimum absolute atomic E-state index is 0.166. The van der Waals surface area contributed by atoms with Crippen LogP contribution in [0.2, 0.25) is 10.0 Å². The van der Waals surface area contributed by atoms with E-state index in [4.69, 9.17) is 27.9 Å². The third kappa shape index (κ3) is 4.86. The summed E-state index contributed by atoms with van der Waals surface area (Å²) in [6, 6.07) is 16.5. The molecular weight excluding hydrogens is 515 g/mol. The van der Waals surface area contributed by atoms with Crippen LogP contribution >= 0.6 is 34.5 Å². The molecule has 1 heterocycles. The number of benzene rings is 3. The molecule has 0 unspecified atom stereocenters. The minimum atomic E-state index is -3.79. The molecule has 0 aliphatic rings. The molecule has 1 N–H and O–H groups in total. The third-order valence-corrected chi connectivity index (χ3v) is 8.57. The molecule has 10 heteroatoms. The first-order valence-electron chi connectivity index (χ1n) is 10.0. The number of aryl methyl sites for hydroxylation is 1. The Kier molecular flexibility index (Phi) is 6.78. The first-order chi connectivity index (χ1) is 16.1. The van der Waals surface area contributed by atoms with Crippen molar-refractivity contribution in [3.05, 3.63) is 81.1 Å². The lowest BCUT2D eigenvalue weighted by molar-refractivity contribution is 0.103. The molecule has 0 saturated carbocycles. The molecule has 0 aliphatic heterocycles. The SMILES string of the molecule is COc1ccc(S(=O)(=O)N(C)c2ccc3sc(C(=O)Nc4cc(Cl)cc(Cl)c4)cc3c2)cc1C. The summed E-state index contributed by atoms with van der Waals surface area (Å²) in [5.74, 6) is 0.308. The van der Waals surface area contributed by atoms with Gasteiger partial charge in [-0.05, 0) is 78.5 Å². The molecule has 6 nitrogen and oxygen atoms in total. The van der Waals surface area contributed by atoms with E-state index in [2.05, 4.69) is 5.32 Å². The number of sulfonamides is 1. The van der Waals surface area contributed by atoms with Crippen molar-refractivity contribution in [1.29, 1.82) is 0 Å². The Balaban J connectivity index is 1.61. The summed E-state index contributed by atoms with van der Waals surface area (Å²) in [5.41, 5.74) is 1.69. The first kappa shape index (κ1) is 24.3. The second-order valence-electron chi connectivity index (χ2n) is 7.55. The summed E-state index contributed by atoms with van der Waals surface area (Å²) >= 11 is 13.3. The van der Waals surface area contributed by atoms with Gasteiger partial charge in [-0.3, -0.25) is 9.10 Å². The molecule has 0 saturated heterocycles. The van der Waals surface area contributed by atoms with Crippen LogP contribution in [0, 0.1) is 6.92 Å². The molecule has 0 spiro atoms. The number of fused-ring (bicyclic) bond motifs is 1. The molecule has 0 bridgehead atoms. The van der Waals surface area contributed by atoms with Gasteiger partial charge in [0.2, 0.25) is 0 Å². The lowest BCUT2D eigenvalue weighted by Gasteiger charge is -2.20. The average Bonchev–Trinajstić information content (AvgIpc) is 3.21. The van der Waals surface area contributed by atoms with Gasteiger partial charge in [-0.25, -0.2) is 8.42 Å². The van der Waals surface area contributed by atoms with Gasteiger partial charge in [0.15, 0.2) is 0 Å². The number of amides is 1. The Morgan fingerprint density at radius 1 is 1.00 bits per heavy atom. The monoisotopic (exact) mass is 534 g/mol.